The Morgan fingerprint density at radius 2 is 1.62 bits per heavy atom. The molecule has 0 spiro atoms. The maximum Gasteiger partial charge on any atom is 0.264 e. The van der Waals surface area contributed by atoms with E-state index < -0.39 is 34.3 Å². The number of ether oxygens (including phenoxy) is 1. The van der Waals surface area contributed by atoms with Crippen LogP contribution < -0.4 is 14.4 Å². The Morgan fingerprint density at radius 3 is 2.19 bits per heavy atom. The summed E-state index contributed by atoms with van der Waals surface area (Å²) in [5, 5.41) is 2.86. The molecule has 0 aliphatic carbocycles. The molecule has 8 nitrogen and oxygen atoms in total. The second-order valence-electron chi connectivity index (χ2n) is 9.82. The number of anilines is 1. The van der Waals surface area contributed by atoms with Crippen molar-refractivity contribution in [2.45, 2.75) is 62.5 Å². The molecule has 2 amide bonds. The monoisotopic (exact) mass is 615 g/mol. The molecule has 0 heterocycles. The summed E-state index contributed by atoms with van der Waals surface area (Å²) in [6.45, 7) is 6.87. The molecule has 3 aromatic carbocycles. The van der Waals surface area contributed by atoms with Crippen LogP contribution in [0.15, 0.2) is 82.6 Å². The summed E-state index contributed by atoms with van der Waals surface area (Å²) in [4.78, 5) is 29.6. The summed E-state index contributed by atoms with van der Waals surface area (Å²) in [6, 6.07) is 17.6. The zero-order chi connectivity index (χ0) is 30.9. The van der Waals surface area contributed by atoms with E-state index in [1.165, 1.54) is 53.1 Å². The van der Waals surface area contributed by atoms with Crippen molar-refractivity contribution in [2.24, 2.45) is 0 Å². The van der Waals surface area contributed by atoms with Gasteiger partial charge in [-0.1, -0.05) is 31.2 Å². The molecule has 0 radical (unpaired) electrons. The molecule has 1 N–H and O–H groups in total. The van der Waals surface area contributed by atoms with Gasteiger partial charge in [-0.2, -0.15) is 0 Å². The number of amides is 2. The number of carbonyl (C=O) groups excluding carboxylic acids is 2. The molecule has 0 aliphatic heterocycles. The van der Waals surface area contributed by atoms with Crippen LogP contribution in [0.2, 0.25) is 0 Å². The quantitative estimate of drug-likeness (QED) is 0.242. The number of nitrogens with one attached hydrogen (secondary N) is 1. The molecule has 11 heteroatoms. The van der Waals surface area contributed by atoms with Gasteiger partial charge in [0, 0.05) is 17.5 Å². The smallest absolute Gasteiger partial charge is 0.264 e. The van der Waals surface area contributed by atoms with E-state index in [2.05, 4.69) is 5.32 Å². The van der Waals surface area contributed by atoms with Gasteiger partial charge in [-0.25, -0.2) is 12.8 Å². The van der Waals surface area contributed by atoms with E-state index in [-0.39, 0.29) is 42.1 Å². The zero-order valence-corrected chi connectivity index (χ0v) is 26.2. The molecule has 0 aliphatic rings. The number of hydrogen-bond acceptors (Lipinski definition) is 6. The average molecular weight is 616 g/mol. The highest BCUT2D eigenvalue weighted by Crippen LogP contribution is 2.33. The number of nitrogens with zero attached hydrogens (tertiary/aromatic N) is 2. The molecule has 3 rings (SSSR count). The average Bonchev–Trinajstić information content (AvgIpc) is 2.97. The first-order valence-electron chi connectivity index (χ1n) is 13.7. The van der Waals surface area contributed by atoms with E-state index in [1.54, 1.807) is 50.2 Å². The third kappa shape index (κ3) is 8.25. The van der Waals surface area contributed by atoms with Crippen LogP contribution in [0.1, 0.15) is 39.7 Å². The number of benzene rings is 3. The molecule has 1 atom stereocenters. The Morgan fingerprint density at radius 1 is 0.976 bits per heavy atom. The summed E-state index contributed by atoms with van der Waals surface area (Å²) in [7, 11) is -4.25. The largest absolute Gasteiger partial charge is 0.492 e. The van der Waals surface area contributed by atoms with Crippen LogP contribution in [-0.2, 0) is 26.2 Å². The van der Waals surface area contributed by atoms with Crippen LogP contribution in [0, 0.1) is 5.82 Å². The maximum absolute atomic E-state index is 14.2. The lowest BCUT2D eigenvalue weighted by Gasteiger charge is -2.34. The molecule has 0 saturated carbocycles. The molecule has 42 heavy (non-hydrogen) atoms. The number of hydrogen-bond donors (Lipinski definition) is 1. The van der Waals surface area contributed by atoms with E-state index in [0.717, 1.165) is 9.20 Å². The molecular weight excluding hydrogens is 577 g/mol. The standard InChI is InChI=1S/C31H38FN3O5S2/c1-6-27(31(37)33-22(3)4)34(20-23-12-14-24(32)15-13-23)30(36)21-35(28-10-8-9-11-29(28)40-7-2)42(38,39)26-18-16-25(41-5)17-19-26/h8-19,22,27H,6-7,20-21H2,1-5H3,(H,33,37)/t27-/m0/s1. The van der Waals surface area contributed by atoms with Gasteiger partial charge < -0.3 is 15.0 Å². The summed E-state index contributed by atoms with van der Waals surface area (Å²) in [5.74, 6) is -1.09. The Hall–Kier alpha value is -3.57. The Kier molecular flexibility index (Phi) is 11.8. The second kappa shape index (κ2) is 15.1. The SMILES string of the molecule is CCOc1ccccc1N(CC(=O)N(Cc1ccc(F)cc1)[C@@H](CC)C(=O)NC(C)C)S(=O)(=O)c1ccc(SC)cc1. The van der Waals surface area contributed by atoms with E-state index in [9.17, 15) is 22.4 Å². The Bertz CT molecular complexity index is 1450. The predicted octanol–water partition coefficient (Wildman–Crippen LogP) is 5.47. The van der Waals surface area contributed by atoms with Crippen LogP contribution in [0.5, 0.6) is 5.75 Å². The molecule has 0 unspecified atom stereocenters. The van der Waals surface area contributed by atoms with Crippen molar-refractivity contribution in [2.75, 3.05) is 23.7 Å². The molecule has 0 aromatic heterocycles. The van der Waals surface area contributed by atoms with Gasteiger partial charge >= 0.3 is 0 Å². The van der Waals surface area contributed by atoms with Crippen molar-refractivity contribution in [3.05, 3.63) is 84.2 Å². The first kappa shape index (κ1) is 32.9. The van der Waals surface area contributed by atoms with Gasteiger partial charge in [0.15, 0.2) is 0 Å². The molecule has 3 aromatic rings. The first-order chi connectivity index (χ1) is 20.0. The van der Waals surface area contributed by atoms with Crippen LogP contribution in [-0.4, -0.2) is 56.6 Å². The van der Waals surface area contributed by atoms with Crippen molar-refractivity contribution in [1.29, 1.82) is 0 Å². The van der Waals surface area contributed by atoms with Gasteiger partial charge in [-0.3, -0.25) is 13.9 Å². The third-order valence-electron chi connectivity index (χ3n) is 6.44. The zero-order valence-electron chi connectivity index (χ0n) is 24.5. The lowest BCUT2D eigenvalue weighted by atomic mass is 10.1. The molecular formula is C31H38FN3O5S2. The highest BCUT2D eigenvalue weighted by atomic mass is 32.2. The van der Waals surface area contributed by atoms with Crippen molar-refractivity contribution in [3.8, 4) is 5.75 Å². The van der Waals surface area contributed by atoms with Gasteiger partial charge in [0.25, 0.3) is 10.0 Å². The van der Waals surface area contributed by atoms with Gasteiger partial charge in [0.2, 0.25) is 11.8 Å². The summed E-state index contributed by atoms with van der Waals surface area (Å²) in [6.07, 6.45) is 2.17. The molecule has 226 valence electrons. The minimum Gasteiger partial charge on any atom is -0.492 e. The number of halogens is 1. The third-order valence-corrected chi connectivity index (χ3v) is 8.96. The van der Waals surface area contributed by atoms with E-state index in [1.807, 2.05) is 20.1 Å². The Balaban J connectivity index is 2.11. The van der Waals surface area contributed by atoms with Crippen LogP contribution >= 0.6 is 11.8 Å². The fourth-order valence-electron chi connectivity index (χ4n) is 4.42. The summed E-state index contributed by atoms with van der Waals surface area (Å²) < 4.78 is 48.7. The highest BCUT2D eigenvalue weighted by Gasteiger charge is 2.35. The fraction of sp³-hybridized carbons (Fsp3) is 0.355. The normalized spacial score (nSPS) is 12.1. The topological polar surface area (TPSA) is 96.0 Å². The van der Waals surface area contributed by atoms with Gasteiger partial charge in [0.05, 0.1) is 17.2 Å². The lowest BCUT2D eigenvalue weighted by molar-refractivity contribution is -0.140. The van der Waals surface area contributed by atoms with Gasteiger partial charge in [-0.15, -0.1) is 11.8 Å². The Labute approximate surface area is 252 Å². The molecule has 0 bridgehead atoms. The second-order valence-corrected chi connectivity index (χ2v) is 12.6. The van der Waals surface area contributed by atoms with Crippen LogP contribution in [0.4, 0.5) is 10.1 Å². The number of para-hydroxylation sites is 2. The van der Waals surface area contributed by atoms with Crippen molar-refractivity contribution < 1.29 is 27.1 Å². The minimum absolute atomic E-state index is 0.00841. The summed E-state index contributed by atoms with van der Waals surface area (Å²) >= 11 is 1.48. The molecule has 0 saturated heterocycles. The van der Waals surface area contributed by atoms with Crippen LogP contribution in [0.25, 0.3) is 0 Å². The van der Waals surface area contributed by atoms with E-state index >= 15 is 0 Å². The maximum atomic E-state index is 14.2. The van der Waals surface area contributed by atoms with Crippen molar-refractivity contribution >= 4 is 39.3 Å². The number of sulfonamides is 1. The summed E-state index contributed by atoms with van der Waals surface area (Å²) in [5.41, 5.74) is 0.792. The number of carbonyl (C=O) groups is 2. The van der Waals surface area contributed by atoms with E-state index in [0.29, 0.717) is 11.3 Å². The first-order valence-corrected chi connectivity index (χ1v) is 16.4. The number of rotatable bonds is 14. The van der Waals surface area contributed by atoms with Gasteiger partial charge in [-0.05, 0) is 87.5 Å². The highest BCUT2D eigenvalue weighted by molar-refractivity contribution is 7.98. The fourth-order valence-corrected chi connectivity index (χ4v) is 6.25. The van der Waals surface area contributed by atoms with E-state index in [4.69, 9.17) is 4.74 Å². The lowest BCUT2D eigenvalue weighted by Crippen LogP contribution is -2.53. The molecule has 0 fully saturated rings. The van der Waals surface area contributed by atoms with Gasteiger partial charge in [0.1, 0.15) is 24.2 Å². The van der Waals surface area contributed by atoms with Crippen molar-refractivity contribution in [3.63, 3.8) is 0 Å². The minimum atomic E-state index is -4.25. The predicted molar refractivity (Wildman–Crippen MR) is 165 cm³/mol. The van der Waals surface area contributed by atoms with Crippen LogP contribution in [0.3, 0.4) is 0 Å². The van der Waals surface area contributed by atoms with Crippen molar-refractivity contribution in [1.82, 2.24) is 10.2 Å². The number of thioether (sulfide) groups is 1.